The van der Waals surface area contributed by atoms with E-state index in [1.54, 1.807) is 18.2 Å². The Hall–Kier alpha value is -1.92. The Morgan fingerprint density at radius 2 is 1.77 bits per heavy atom. The van der Waals surface area contributed by atoms with Gasteiger partial charge in [0.25, 0.3) is 5.91 Å². The molecule has 2 aromatic rings. The molecule has 1 saturated heterocycles. The van der Waals surface area contributed by atoms with Crippen molar-refractivity contribution in [1.82, 2.24) is 5.32 Å². The van der Waals surface area contributed by atoms with Crippen molar-refractivity contribution in [2.75, 3.05) is 0 Å². The molecule has 22 heavy (non-hydrogen) atoms. The lowest BCUT2D eigenvalue weighted by molar-refractivity contribution is -0.115. The summed E-state index contributed by atoms with van der Waals surface area (Å²) in [4.78, 5) is 16.8. The predicted molar refractivity (Wildman–Crippen MR) is 91.3 cm³/mol. The SMILES string of the molecule is O=C1NC(=Nc2ccc(F)cc2)SC1=Cc1ccc(Br)cc1. The van der Waals surface area contributed by atoms with Gasteiger partial charge in [-0.05, 0) is 59.8 Å². The summed E-state index contributed by atoms with van der Waals surface area (Å²) in [6, 6.07) is 13.4. The summed E-state index contributed by atoms with van der Waals surface area (Å²) in [6.07, 6.45) is 1.81. The maximum Gasteiger partial charge on any atom is 0.264 e. The lowest BCUT2D eigenvalue weighted by Crippen LogP contribution is -2.19. The normalized spacial score (nSPS) is 18.0. The van der Waals surface area contributed by atoms with Crippen molar-refractivity contribution >= 4 is 50.5 Å². The van der Waals surface area contributed by atoms with Gasteiger partial charge < -0.3 is 5.32 Å². The molecule has 1 heterocycles. The molecule has 1 amide bonds. The highest BCUT2D eigenvalue weighted by atomic mass is 79.9. The smallest absolute Gasteiger partial charge is 0.264 e. The molecule has 0 atom stereocenters. The molecule has 0 unspecified atom stereocenters. The van der Waals surface area contributed by atoms with Crippen LogP contribution in [0.1, 0.15) is 5.56 Å². The number of hydrogen-bond donors (Lipinski definition) is 1. The van der Waals surface area contributed by atoms with E-state index in [1.807, 2.05) is 24.3 Å². The number of nitrogens with one attached hydrogen (secondary N) is 1. The molecule has 0 spiro atoms. The van der Waals surface area contributed by atoms with E-state index in [0.717, 1.165) is 10.0 Å². The lowest BCUT2D eigenvalue weighted by atomic mass is 10.2. The molecular formula is C16H10BrFN2OS. The van der Waals surface area contributed by atoms with Crippen LogP contribution in [0.5, 0.6) is 0 Å². The van der Waals surface area contributed by atoms with Gasteiger partial charge in [-0.15, -0.1) is 0 Å². The van der Waals surface area contributed by atoms with Gasteiger partial charge in [-0.3, -0.25) is 4.79 Å². The molecule has 1 N–H and O–H groups in total. The molecule has 2 aromatic carbocycles. The Morgan fingerprint density at radius 1 is 1.09 bits per heavy atom. The first kappa shape index (κ1) is 15.0. The highest BCUT2D eigenvalue weighted by Crippen LogP contribution is 2.28. The number of carbonyl (C=O) groups excluding carboxylic acids is 1. The molecular weight excluding hydrogens is 367 g/mol. The first-order valence-corrected chi connectivity index (χ1v) is 8.02. The third-order valence-electron chi connectivity index (χ3n) is 2.88. The fourth-order valence-electron chi connectivity index (χ4n) is 1.82. The number of amides is 1. The van der Waals surface area contributed by atoms with E-state index in [4.69, 9.17) is 0 Å². The number of amidine groups is 1. The lowest BCUT2D eigenvalue weighted by Gasteiger charge is -1.96. The summed E-state index contributed by atoms with van der Waals surface area (Å²) in [5, 5.41) is 3.19. The Kier molecular flexibility index (Phi) is 4.40. The molecule has 3 nitrogen and oxygen atoms in total. The largest absolute Gasteiger partial charge is 0.300 e. The summed E-state index contributed by atoms with van der Waals surface area (Å²) in [7, 11) is 0. The quantitative estimate of drug-likeness (QED) is 0.785. The topological polar surface area (TPSA) is 41.5 Å². The number of halogens is 2. The van der Waals surface area contributed by atoms with Gasteiger partial charge in [0.2, 0.25) is 0 Å². The monoisotopic (exact) mass is 376 g/mol. The molecule has 1 fully saturated rings. The molecule has 1 aliphatic heterocycles. The molecule has 0 radical (unpaired) electrons. The number of thioether (sulfide) groups is 1. The molecule has 0 aromatic heterocycles. The first-order chi connectivity index (χ1) is 10.6. The van der Waals surface area contributed by atoms with Gasteiger partial charge in [-0.2, -0.15) is 0 Å². The van der Waals surface area contributed by atoms with E-state index in [1.165, 1.54) is 23.9 Å². The summed E-state index contributed by atoms with van der Waals surface area (Å²) in [6.45, 7) is 0. The van der Waals surface area contributed by atoms with Crippen LogP contribution in [0.15, 0.2) is 62.9 Å². The first-order valence-electron chi connectivity index (χ1n) is 6.41. The van der Waals surface area contributed by atoms with Crippen LogP contribution >= 0.6 is 27.7 Å². The van der Waals surface area contributed by atoms with Crippen LogP contribution in [0.3, 0.4) is 0 Å². The average Bonchev–Trinajstić information content (AvgIpc) is 2.84. The molecule has 110 valence electrons. The second-order valence-corrected chi connectivity index (χ2v) is 6.46. The Morgan fingerprint density at radius 3 is 2.45 bits per heavy atom. The fourth-order valence-corrected chi connectivity index (χ4v) is 2.93. The molecule has 6 heteroatoms. The van der Waals surface area contributed by atoms with Gasteiger partial charge >= 0.3 is 0 Å². The number of aliphatic imine (C=N–C) groups is 1. The van der Waals surface area contributed by atoms with Crippen molar-refractivity contribution in [2.45, 2.75) is 0 Å². The van der Waals surface area contributed by atoms with Crippen molar-refractivity contribution in [3.63, 3.8) is 0 Å². The van der Waals surface area contributed by atoms with E-state index >= 15 is 0 Å². The van der Waals surface area contributed by atoms with Crippen molar-refractivity contribution in [2.24, 2.45) is 4.99 Å². The zero-order chi connectivity index (χ0) is 15.5. The minimum Gasteiger partial charge on any atom is -0.300 e. The van der Waals surface area contributed by atoms with Crippen LogP contribution < -0.4 is 5.32 Å². The van der Waals surface area contributed by atoms with Gasteiger partial charge in [-0.25, -0.2) is 9.38 Å². The van der Waals surface area contributed by atoms with E-state index < -0.39 is 0 Å². The number of carbonyl (C=O) groups is 1. The van der Waals surface area contributed by atoms with Crippen molar-refractivity contribution < 1.29 is 9.18 Å². The molecule has 0 bridgehead atoms. The van der Waals surface area contributed by atoms with Gasteiger partial charge in [0.15, 0.2) is 5.17 Å². The van der Waals surface area contributed by atoms with Crippen LogP contribution in [0.4, 0.5) is 10.1 Å². The van der Waals surface area contributed by atoms with Crippen molar-refractivity contribution in [1.29, 1.82) is 0 Å². The number of benzene rings is 2. The van der Waals surface area contributed by atoms with Crippen LogP contribution in [-0.4, -0.2) is 11.1 Å². The second-order valence-electron chi connectivity index (χ2n) is 4.51. The Balaban J connectivity index is 1.80. The minimum atomic E-state index is -0.317. The third kappa shape index (κ3) is 3.64. The number of hydrogen-bond acceptors (Lipinski definition) is 3. The third-order valence-corrected chi connectivity index (χ3v) is 4.31. The Bertz CT molecular complexity index is 770. The summed E-state index contributed by atoms with van der Waals surface area (Å²) >= 11 is 4.63. The number of nitrogens with zero attached hydrogens (tertiary/aromatic N) is 1. The summed E-state index contributed by atoms with van der Waals surface area (Å²) < 4.78 is 13.8. The zero-order valence-corrected chi connectivity index (χ0v) is 13.6. The standard InChI is InChI=1S/C16H10BrFN2OS/c17-11-3-1-10(2-4-11)9-14-15(21)20-16(22-14)19-13-7-5-12(18)6-8-13/h1-9H,(H,19,20,21). The van der Waals surface area contributed by atoms with Crippen molar-refractivity contribution in [3.05, 3.63) is 69.3 Å². The van der Waals surface area contributed by atoms with Crippen LogP contribution in [0.25, 0.3) is 6.08 Å². The van der Waals surface area contributed by atoms with Gasteiger partial charge in [0.05, 0.1) is 10.6 Å². The molecule has 0 saturated carbocycles. The molecule has 1 aliphatic rings. The van der Waals surface area contributed by atoms with Crippen LogP contribution in [0.2, 0.25) is 0 Å². The van der Waals surface area contributed by atoms with Gasteiger partial charge in [0, 0.05) is 4.47 Å². The van der Waals surface area contributed by atoms with Gasteiger partial charge in [-0.1, -0.05) is 28.1 Å². The average molecular weight is 377 g/mol. The minimum absolute atomic E-state index is 0.186. The van der Waals surface area contributed by atoms with Crippen LogP contribution in [0, 0.1) is 5.82 Å². The maximum atomic E-state index is 12.9. The van der Waals surface area contributed by atoms with E-state index in [-0.39, 0.29) is 11.7 Å². The summed E-state index contributed by atoms with van der Waals surface area (Å²) in [5.74, 6) is -0.503. The molecule has 3 rings (SSSR count). The fraction of sp³-hybridized carbons (Fsp3) is 0. The maximum absolute atomic E-state index is 12.9. The van der Waals surface area contributed by atoms with Crippen molar-refractivity contribution in [3.8, 4) is 0 Å². The predicted octanol–water partition coefficient (Wildman–Crippen LogP) is 4.48. The van der Waals surface area contributed by atoms with Gasteiger partial charge in [0.1, 0.15) is 5.82 Å². The summed E-state index contributed by atoms with van der Waals surface area (Å²) in [5.41, 5.74) is 1.53. The van der Waals surface area contributed by atoms with E-state index in [0.29, 0.717) is 15.8 Å². The highest BCUT2D eigenvalue weighted by Gasteiger charge is 2.23. The van der Waals surface area contributed by atoms with E-state index in [9.17, 15) is 9.18 Å². The zero-order valence-electron chi connectivity index (χ0n) is 11.2. The second kappa shape index (κ2) is 6.46. The highest BCUT2D eigenvalue weighted by molar-refractivity contribution is 9.10. The Labute approximate surface area is 139 Å². The van der Waals surface area contributed by atoms with Crippen LogP contribution in [-0.2, 0) is 4.79 Å². The number of rotatable bonds is 2. The van der Waals surface area contributed by atoms with E-state index in [2.05, 4.69) is 26.2 Å². The molecule has 0 aliphatic carbocycles.